The number of ether oxygens (including phenoxy) is 1. The number of carbonyl (C=O) groups excluding carboxylic acids is 3. The second-order valence-corrected chi connectivity index (χ2v) is 8.14. The van der Waals surface area contributed by atoms with Crippen LogP contribution in [0.3, 0.4) is 0 Å². The zero-order valence-corrected chi connectivity index (χ0v) is 17.3. The molecule has 28 heavy (non-hydrogen) atoms. The number of nitrogens with one attached hydrogen (secondary N) is 3. The third-order valence-corrected chi connectivity index (χ3v) is 6.00. The third-order valence-electron chi connectivity index (χ3n) is 4.27. The molecule has 0 aromatic carbocycles. The fourth-order valence-electron chi connectivity index (χ4n) is 2.84. The Balaban J connectivity index is 1.56. The Labute approximate surface area is 175 Å². The number of H-pyrrole nitrogens is 1. The molecule has 1 atom stereocenters. The highest BCUT2D eigenvalue weighted by atomic mass is 35.5. The molecule has 0 fully saturated rings. The maximum atomic E-state index is 12.3. The number of methoxy groups -OCH3 is 1. The highest BCUT2D eigenvalue weighted by Gasteiger charge is 2.25. The van der Waals surface area contributed by atoms with Crippen molar-refractivity contribution in [3.05, 3.63) is 32.5 Å². The van der Waals surface area contributed by atoms with Crippen molar-refractivity contribution in [2.45, 2.75) is 38.1 Å². The summed E-state index contributed by atoms with van der Waals surface area (Å²) in [6.45, 7) is 0. The Morgan fingerprint density at radius 1 is 1.36 bits per heavy atom. The van der Waals surface area contributed by atoms with Crippen molar-refractivity contribution in [3.63, 3.8) is 0 Å². The van der Waals surface area contributed by atoms with Gasteiger partial charge in [-0.3, -0.25) is 14.4 Å². The molecule has 2 aromatic rings. The van der Waals surface area contributed by atoms with Gasteiger partial charge in [0.2, 0.25) is 5.91 Å². The van der Waals surface area contributed by atoms with Crippen LogP contribution < -0.4 is 10.6 Å². The van der Waals surface area contributed by atoms with Crippen LogP contribution in [0.2, 0.25) is 10.2 Å². The lowest BCUT2D eigenvalue weighted by atomic mass is 9.97. The first kappa shape index (κ1) is 20.6. The molecule has 0 saturated heterocycles. The Hall–Kier alpha value is -2.10. The van der Waals surface area contributed by atoms with E-state index in [1.54, 1.807) is 0 Å². The van der Waals surface area contributed by atoms with E-state index in [4.69, 9.17) is 23.2 Å². The first-order chi connectivity index (χ1) is 13.4. The summed E-state index contributed by atoms with van der Waals surface area (Å²) in [5.41, 5.74) is 1.23. The number of esters is 1. The van der Waals surface area contributed by atoms with E-state index in [-0.39, 0.29) is 35.9 Å². The highest BCUT2D eigenvalue weighted by Crippen LogP contribution is 2.30. The van der Waals surface area contributed by atoms with Crippen LogP contribution in [0.5, 0.6) is 0 Å². The van der Waals surface area contributed by atoms with Crippen LogP contribution in [0.4, 0.5) is 5.13 Å². The summed E-state index contributed by atoms with van der Waals surface area (Å²) in [5.74, 6) is -0.998. The van der Waals surface area contributed by atoms with Gasteiger partial charge in [-0.25, -0.2) is 4.98 Å². The van der Waals surface area contributed by atoms with Gasteiger partial charge in [-0.1, -0.05) is 23.2 Å². The van der Waals surface area contributed by atoms with Crippen molar-refractivity contribution in [2.75, 3.05) is 12.4 Å². The number of aryl methyl sites for hydroxylation is 1. The molecule has 2 amide bonds. The topological polar surface area (TPSA) is 113 Å². The SMILES string of the molecule is COC(=O)CCC(=O)Nc1nc2c(s1)C[C@@H](NC(=O)c1cc(Cl)c(Cl)[nH]1)CC2. The zero-order chi connectivity index (χ0) is 20.3. The lowest BCUT2D eigenvalue weighted by molar-refractivity contribution is -0.141. The molecule has 1 aliphatic rings. The van der Waals surface area contributed by atoms with Gasteiger partial charge in [0.15, 0.2) is 5.13 Å². The number of amides is 2. The summed E-state index contributed by atoms with van der Waals surface area (Å²) in [7, 11) is 1.28. The summed E-state index contributed by atoms with van der Waals surface area (Å²) in [6, 6.07) is 1.44. The molecule has 2 aromatic heterocycles. The summed E-state index contributed by atoms with van der Waals surface area (Å²) in [6.07, 6.45) is 2.12. The minimum absolute atomic E-state index is 0.0221. The first-order valence-electron chi connectivity index (χ1n) is 8.55. The van der Waals surface area contributed by atoms with Crippen LogP contribution in [0, 0.1) is 0 Å². The number of fused-ring (bicyclic) bond motifs is 1. The highest BCUT2D eigenvalue weighted by molar-refractivity contribution is 7.15. The van der Waals surface area contributed by atoms with Crippen molar-refractivity contribution >= 4 is 57.5 Å². The van der Waals surface area contributed by atoms with E-state index in [1.165, 1.54) is 24.5 Å². The maximum absolute atomic E-state index is 12.3. The van der Waals surface area contributed by atoms with Gasteiger partial charge in [-0.05, 0) is 18.9 Å². The van der Waals surface area contributed by atoms with Crippen molar-refractivity contribution in [1.29, 1.82) is 0 Å². The zero-order valence-electron chi connectivity index (χ0n) is 14.9. The molecule has 3 N–H and O–H groups in total. The molecule has 3 rings (SSSR count). The van der Waals surface area contributed by atoms with Gasteiger partial charge < -0.3 is 20.4 Å². The average molecular weight is 445 g/mol. The first-order valence-corrected chi connectivity index (χ1v) is 10.1. The molecule has 0 aliphatic heterocycles. The van der Waals surface area contributed by atoms with E-state index in [1.807, 2.05) is 0 Å². The van der Waals surface area contributed by atoms with Crippen LogP contribution in [0.25, 0.3) is 0 Å². The van der Waals surface area contributed by atoms with Crippen LogP contribution >= 0.6 is 34.5 Å². The van der Waals surface area contributed by atoms with Crippen molar-refractivity contribution in [3.8, 4) is 0 Å². The second kappa shape index (κ2) is 8.93. The quantitative estimate of drug-likeness (QED) is 0.592. The summed E-state index contributed by atoms with van der Waals surface area (Å²) >= 11 is 13.1. The van der Waals surface area contributed by atoms with Crippen LogP contribution in [-0.2, 0) is 27.2 Å². The molecule has 11 heteroatoms. The number of halogens is 2. The van der Waals surface area contributed by atoms with E-state index in [2.05, 4.69) is 25.3 Å². The van der Waals surface area contributed by atoms with E-state index in [0.29, 0.717) is 28.7 Å². The Morgan fingerprint density at radius 2 is 2.14 bits per heavy atom. The molecular formula is C17H18Cl2N4O4S. The molecule has 1 aliphatic carbocycles. The Kier molecular flexibility index (Phi) is 6.58. The maximum Gasteiger partial charge on any atom is 0.306 e. The second-order valence-electron chi connectivity index (χ2n) is 6.27. The number of thiazole rings is 1. The molecule has 0 bridgehead atoms. The average Bonchev–Trinajstić information content (AvgIpc) is 3.21. The molecule has 2 heterocycles. The van der Waals surface area contributed by atoms with Gasteiger partial charge in [0.05, 0.1) is 24.2 Å². The molecule has 0 radical (unpaired) electrons. The largest absolute Gasteiger partial charge is 0.469 e. The van der Waals surface area contributed by atoms with Gasteiger partial charge in [-0.2, -0.15) is 0 Å². The van der Waals surface area contributed by atoms with Crippen molar-refractivity contribution in [2.24, 2.45) is 0 Å². The van der Waals surface area contributed by atoms with E-state index < -0.39 is 5.97 Å². The van der Waals surface area contributed by atoms with Crippen LogP contribution in [0.1, 0.15) is 40.3 Å². The van der Waals surface area contributed by atoms with E-state index in [9.17, 15) is 14.4 Å². The monoisotopic (exact) mass is 444 g/mol. The van der Waals surface area contributed by atoms with Crippen LogP contribution in [-0.4, -0.2) is 40.9 Å². The van der Waals surface area contributed by atoms with Gasteiger partial charge >= 0.3 is 5.97 Å². The third kappa shape index (κ3) is 5.03. The lowest BCUT2D eigenvalue weighted by Gasteiger charge is -2.22. The van der Waals surface area contributed by atoms with Gasteiger partial charge in [-0.15, -0.1) is 11.3 Å². The molecule has 150 valence electrons. The summed E-state index contributed by atoms with van der Waals surface area (Å²) in [5, 5.41) is 6.69. The number of aromatic nitrogens is 2. The molecule has 0 saturated carbocycles. The normalized spacial score (nSPS) is 15.6. The summed E-state index contributed by atoms with van der Waals surface area (Å²) < 4.78 is 4.52. The van der Waals surface area contributed by atoms with Crippen molar-refractivity contribution < 1.29 is 19.1 Å². The van der Waals surface area contributed by atoms with Gasteiger partial charge in [0, 0.05) is 23.8 Å². The number of hydrogen-bond acceptors (Lipinski definition) is 6. The fraction of sp³-hybridized carbons (Fsp3) is 0.412. The predicted molar refractivity (Wildman–Crippen MR) is 106 cm³/mol. The molecule has 0 spiro atoms. The minimum atomic E-state index is -0.434. The van der Waals surface area contributed by atoms with Crippen LogP contribution in [0.15, 0.2) is 6.07 Å². The van der Waals surface area contributed by atoms with E-state index >= 15 is 0 Å². The Morgan fingerprint density at radius 3 is 2.82 bits per heavy atom. The smallest absolute Gasteiger partial charge is 0.306 e. The van der Waals surface area contributed by atoms with Gasteiger partial charge in [0.1, 0.15) is 10.8 Å². The van der Waals surface area contributed by atoms with Crippen molar-refractivity contribution in [1.82, 2.24) is 15.3 Å². The number of hydrogen-bond donors (Lipinski definition) is 3. The fourth-order valence-corrected chi connectivity index (χ4v) is 4.26. The number of carbonyl (C=O) groups is 3. The lowest BCUT2D eigenvalue weighted by Crippen LogP contribution is -2.38. The predicted octanol–water partition coefficient (Wildman–Crippen LogP) is 2.96. The molecule has 0 unspecified atom stereocenters. The Bertz CT molecular complexity index is 892. The number of anilines is 1. The number of aromatic amines is 1. The minimum Gasteiger partial charge on any atom is -0.469 e. The van der Waals surface area contributed by atoms with Gasteiger partial charge in [0.25, 0.3) is 5.91 Å². The molecule has 8 nitrogen and oxygen atoms in total. The standard InChI is InChI=1S/C17H18Cl2N4O4S/c1-27-14(25)5-4-13(24)23-17-22-10-3-2-8(6-12(10)28-17)20-16(26)11-7-9(18)15(19)21-11/h7-8,21H,2-6H2,1H3,(H,20,26)(H,22,23,24)/t8-/m0/s1. The van der Waals surface area contributed by atoms with E-state index in [0.717, 1.165) is 17.0 Å². The number of rotatable bonds is 6. The summed E-state index contributed by atoms with van der Waals surface area (Å²) in [4.78, 5) is 43.5. The number of nitrogens with zero attached hydrogens (tertiary/aromatic N) is 1. The molecular weight excluding hydrogens is 427 g/mol.